The molecule has 0 aliphatic carbocycles. The summed E-state index contributed by atoms with van der Waals surface area (Å²) in [5.74, 6) is 0.952. The minimum atomic E-state index is -0.00555. The maximum absolute atomic E-state index is 12.1. The van der Waals surface area contributed by atoms with Gasteiger partial charge in [0.15, 0.2) is 5.96 Å². The number of aliphatic imine (C=N–C) groups is 1. The van der Waals surface area contributed by atoms with Crippen molar-refractivity contribution in [2.75, 3.05) is 32.8 Å². The van der Waals surface area contributed by atoms with E-state index in [0.29, 0.717) is 18.2 Å². The van der Waals surface area contributed by atoms with Crippen LogP contribution in [0.1, 0.15) is 62.4 Å². The summed E-state index contributed by atoms with van der Waals surface area (Å²) in [6.45, 7) is 11.2. The Morgan fingerprint density at radius 3 is 2.46 bits per heavy atom. The Labute approximate surface area is 169 Å². The van der Waals surface area contributed by atoms with Gasteiger partial charge in [-0.15, -0.1) is 0 Å². The van der Waals surface area contributed by atoms with Gasteiger partial charge in [-0.1, -0.05) is 25.5 Å². The van der Waals surface area contributed by atoms with Crippen molar-refractivity contribution in [2.45, 2.75) is 59.1 Å². The zero-order valence-corrected chi connectivity index (χ0v) is 17.7. The molecule has 1 aromatic carbocycles. The molecule has 156 valence electrons. The number of guanidine groups is 1. The molecule has 0 aromatic heterocycles. The van der Waals surface area contributed by atoms with E-state index in [1.807, 2.05) is 24.3 Å². The van der Waals surface area contributed by atoms with Gasteiger partial charge in [0.1, 0.15) is 0 Å². The fourth-order valence-electron chi connectivity index (χ4n) is 3.30. The van der Waals surface area contributed by atoms with Gasteiger partial charge in [-0.2, -0.15) is 0 Å². The van der Waals surface area contributed by atoms with Gasteiger partial charge in [0.2, 0.25) is 0 Å². The lowest BCUT2D eigenvalue weighted by Crippen LogP contribution is -2.47. The van der Waals surface area contributed by atoms with Crippen molar-refractivity contribution >= 4 is 11.9 Å². The number of nitrogens with one attached hydrogen (secondary N) is 2. The second-order valence-electron chi connectivity index (χ2n) is 7.12. The summed E-state index contributed by atoms with van der Waals surface area (Å²) in [5, 5.41) is 6.35. The Morgan fingerprint density at radius 1 is 1.14 bits per heavy atom. The Balaban J connectivity index is 1.91. The number of hydrogen-bond acceptors (Lipinski definition) is 3. The van der Waals surface area contributed by atoms with Gasteiger partial charge in [-0.25, -0.2) is 4.99 Å². The van der Waals surface area contributed by atoms with Crippen LogP contribution < -0.4 is 10.6 Å². The Bertz CT molecular complexity index is 607. The molecule has 2 rings (SSSR count). The molecule has 0 atom stereocenters. The highest BCUT2D eigenvalue weighted by atomic mass is 16.5. The van der Waals surface area contributed by atoms with Gasteiger partial charge < -0.3 is 20.3 Å². The molecular formula is C22H36N4O2. The zero-order chi connectivity index (χ0) is 20.2. The second-order valence-corrected chi connectivity index (χ2v) is 7.12. The topological polar surface area (TPSA) is 66.0 Å². The van der Waals surface area contributed by atoms with Gasteiger partial charge >= 0.3 is 0 Å². The van der Waals surface area contributed by atoms with Crippen LogP contribution in [0.3, 0.4) is 0 Å². The van der Waals surface area contributed by atoms with Gasteiger partial charge in [-0.05, 0) is 50.8 Å². The molecule has 2 N–H and O–H groups in total. The average Bonchev–Trinajstić information content (AvgIpc) is 2.72. The monoisotopic (exact) mass is 388 g/mol. The summed E-state index contributed by atoms with van der Waals surface area (Å²) in [6.07, 6.45) is 4.54. The standard InChI is InChI=1S/C22H36N4O2/c1-4-7-14-24-21(27)19-10-8-18(9-11-19)17-25-22(23-5-2)26-15-12-20(13-16-26)28-6-3/h8-11,20H,4-7,12-17H2,1-3H3,(H,23,25)(H,24,27). The van der Waals surface area contributed by atoms with Gasteiger partial charge in [0.05, 0.1) is 12.6 Å². The molecule has 1 heterocycles. The number of carbonyl (C=O) groups excluding carboxylic acids is 1. The first kappa shape index (κ1) is 22.2. The average molecular weight is 389 g/mol. The van der Waals surface area contributed by atoms with Crippen LogP contribution in [0.2, 0.25) is 0 Å². The number of nitrogens with zero attached hydrogens (tertiary/aromatic N) is 2. The van der Waals surface area contributed by atoms with Gasteiger partial charge in [0, 0.05) is 38.3 Å². The number of amides is 1. The first-order valence-corrected chi connectivity index (χ1v) is 10.7. The van der Waals surface area contributed by atoms with Crippen molar-refractivity contribution in [3.63, 3.8) is 0 Å². The predicted molar refractivity (Wildman–Crippen MR) is 115 cm³/mol. The maximum atomic E-state index is 12.1. The first-order valence-electron chi connectivity index (χ1n) is 10.7. The summed E-state index contributed by atoms with van der Waals surface area (Å²) >= 11 is 0. The normalized spacial score (nSPS) is 15.5. The lowest BCUT2D eigenvalue weighted by molar-refractivity contribution is 0.0263. The van der Waals surface area contributed by atoms with Crippen molar-refractivity contribution in [3.8, 4) is 0 Å². The van der Waals surface area contributed by atoms with E-state index in [9.17, 15) is 4.79 Å². The van der Waals surface area contributed by atoms with Crippen LogP contribution in [0.4, 0.5) is 0 Å². The minimum absolute atomic E-state index is 0.00555. The highest BCUT2D eigenvalue weighted by Gasteiger charge is 2.21. The molecule has 28 heavy (non-hydrogen) atoms. The van der Waals surface area contributed by atoms with Gasteiger partial charge in [0.25, 0.3) is 5.91 Å². The Morgan fingerprint density at radius 2 is 1.86 bits per heavy atom. The largest absolute Gasteiger partial charge is 0.378 e. The highest BCUT2D eigenvalue weighted by Crippen LogP contribution is 2.14. The maximum Gasteiger partial charge on any atom is 0.251 e. The quantitative estimate of drug-likeness (QED) is 0.387. The van der Waals surface area contributed by atoms with Crippen LogP contribution >= 0.6 is 0 Å². The van der Waals surface area contributed by atoms with Crippen molar-refractivity contribution in [2.24, 2.45) is 4.99 Å². The number of rotatable bonds is 9. The van der Waals surface area contributed by atoms with E-state index in [2.05, 4.69) is 36.3 Å². The molecule has 1 saturated heterocycles. The summed E-state index contributed by atoms with van der Waals surface area (Å²) in [4.78, 5) is 19.2. The number of benzene rings is 1. The van der Waals surface area contributed by atoms with E-state index < -0.39 is 0 Å². The second kappa shape index (κ2) is 12.4. The summed E-state index contributed by atoms with van der Waals surface area (Å²) in [5.41, 5.74) is 1.80. The van der Waals surface area contributed by atoms with Crippen LogP contribution in [0.25, 0.3) is 0 Å². The smallest absolute Gasteiger partial charge is 0.251 e. The van der Waals surface area contributed by atoms with Crippen LogP contribution in [0, 0.1) is 0 Å². The lowest BCUT2D eigenvalue weighted by atomic mass is 10.1. The molecule has 0 unspecified atom stereocenters. The van der Waals surface area contributed by atoms with E-state index in [-0.39, 0.29) is 5.91 Å². The fourth-order valence-corrected chi connectivity index (χ4v) is 3.30. The molecule has 0 spiro atoms. The summed E-state index contributed by atoms with van der Waals surface area (Å²) < 4.78 is 5.74. The number of carbonyl (C=O) groups is 1. The molecule has 1 aliphatic heterocycles. The molecule has 6 nitrogen and oxygen atoms in total. The summed E-state index contributed by atoms with van der Waals surface area (Å²) in [6, 6.07) is 7.74. The molecule has 1 aromatic rings. The molecule has 0 radical (unpaired) electrons. The first-order chi connectivity index (χ1) is 13.7. The molecule has 1 fully saturated rings. The molecule has 0 saturated carbocycles. The zero-order valence-electron chi connectivity index (χ0n) is 17.7. The van der Waals surface area contributed by atoms with Crippen molar-refractivity contribution < 1.29 is 9.53 Å². The number of ether oxygens (including phenoxy) is 1. The van der Waals surface area contributed by atoms with Crippen molar-refractivity contribution in [3.05, 3.63) is 35.4 Å². The SMILES string of the molecule is CCCCNC(=O)c1ccc(CN=C(NCC)N2CCC(OCC)CC2)cc1. The number of unbranched alkanes of at least 4 members (excludes halogenated alkanes) is 1. The van der Waals surface area contributed by atoms with E-state index >= 15 is 0 Å². The summed E-state index contributed by atoms with van der Waals surface area (Å²) in [7, 11) is 0. The molecule has 1 aliphatic rings. The van der Waals surface area contributed by atoms with Crippen LogP contribution in [-0.4, -0.2) is 55.7 Å². The molecular weight excluding hydrogens is 352 g/mol. The molecule has 1 amide bonds. The van der Waals surface area contributed by atoms with Crippen molar-refractivity contribution in [1.82, 2.24) is 15.5 Å². The number of likely N-dealkylation sites (tertiary alicyclic amines) is 1. The van der Waals surface area contributed by atoms with E-state index in [1.54, 1.807) is 0 Å². The third-order valence-corrected chi connectivity index (χ3v) is 4.92. The van der Waals surface area contributed by atoms with Crippen molar-refractivity contribution in [1.29, 1.82) is 0 Å². The van der Waals surface area contributed by atoms with Crippen LogP contribution in [0.15, 0.2) is 29.3 Å². The minimum Gasteiger partial charge on any atom is -0.378 e. The fraction of sp³-hybridized carbons (Fsp3) is 0.636. The molecule has 0 bridgehead atoms. The van der Waals surface area contributed by atoms with E-state index in [0.717, 1.165) is 70.0 Å². The lowest BCUT2D eigenvalue weighted by Gasteiger charge is -2.34. The third-order valence-electron chi connectivity index (χ3n) is 4.92. The third kappa shape index (κ3) is 7.15. The number of piperidine rings is 1. The highest BCUT2D eigenvalue weighted by molar-refractivity contribution is 5.94. The number of hydrogen-bond donors (Lipinski definition) is 2. The van der Waals surface area contributed by atoms with Crippen LogP contribution in [0.5, 0.6) is 0 Å². The van der Waals surface area contributed by atoms with E-state index in [1.165, 1.54) is 0 Å². The Kier molecular flexibility index (Phi) is 9.83. The molecule has 6 heteroatoms. The Hall–Kier alpha value is -2.08. The van der Waals surface area contributed by atoms with Gasteiger partial charge in [-0.3, -0.25) is 4.79 Å². The van der Waals surface area contributed by atoms with Crippen LogP contribution in [-0.2, 0) is 11.3 Å². The van der Waals surface area contributed by atoms with E-state index in [4.69, 9.17) is 9.73 Å². The predicted octanol–water partition coefficient (Wildman–Crippen LogP) is 3.18.